The Balaban J connectivity index is 1.44. The van der Waals surface area contributed by atoms with Crippen LogP contribution in [0.1, 0.15) is 23.0 Å². The smallest absolute Gasteiger partial charge is 0.350 e. The summed E-state index contributed by atoms with van der Waals surface area (Å²) in [4.78, 5) is 42.5. The van der Waals surface area contributed by atoms with Gasteiger partial charge in [-0.15, -0.1) is 4.68 Å². The Bertz CT molecular complexity index is 1690. The van der Waals surface area contributed by atoms with Crippen LogP contribution >= 0.6 is 0 Å². The highest BCUT2D eigenvalue weighted by Crippen LogP contribution is 2.23. The van der Waals surface area contributed by atoms with Gasteiger partial charge in [-0.2, -0.15) is 5.10 Å². The molecule has 2 aromatic carbocycles. The fraction of sp³-hybridized carbons (Fsp3) is 0.0833. The number of benzene rings is 2. The Morgan fingerprint density at radius 2 is 1.88 bits per heavy atom. The number of fused-ring (bicyclic) bond motifs is 3. The molecule has 0 fully saturated rings. The van der Waals surface area contributed by atoms with Crippen molar-refractivity contribution < 1.29 is 18.3 Å². The van der Waals surface area contributed by atoms with Gasteiger partial charge in [-0.25, -0.2) is 14.0 Å². The Hall–Kier alpha value is -4.73. The van der Waals surface area contributed by atoms with Gasteiger partial charge in [0.2, 0.25) is 0 Å². The van der Waals surface area contributed by atoms with E-state index in [-0.39, 0.29) is 11.0 Å². The number of carbonyl (C=O) groups excluding carboxylic acids is 1. The van der Waals surface area contributed by atoms with Crippen LogP contribution in [0.25, 0.3) is 33.3 Å². The van der Waals surface area contributed by atoms with E-state index in [0.717, 1.165) is 5.56 Å². The molecule has 10 heteroatoms. The van der Waals surface area contributed by atoms with Gasteiger partial charge in [0.15, 0.2) is 0 Å². The first kappa shape index (κ1) is 21.1. The average Bonchev–Trinajstić information content (AvgIpc) is 3.44. The van der Waals surface area contributed by atoms with Crippen LogP contribution in [0.2, 0.25) is 0 Å². The number of nitrogens with one attached hydrogen (secondary N) is 2. The van der Waals surface area contributed by atoms with Crippen molar-refractivity contribution in [1.82, 2.24) is 14.6 Å². The number of hydrogen-bond acceptors (Lipinski definition) is 6. The summed E-state index contributed by atoms with van der Waals surface area (Å²) in [5.41, 5.74) is 0.493. The molecule has 0 amide bonds. The van der Waals surface area contributed by atoms with Crippen LogP contribution in [0.4, 0.5) is 4.39 Å². The first-order valence-corrected chi connectivity index (χ1v) is 10.3. The molecule has 0 aliphatic rings. The highest BCUT2D eigenvalue weighted by Gasteiger charge is 2.13. The summed E-state index contributed by atoms with van der Waals surface area (Å²) in [6, 6.07) is 14.0. The molecule has 0 atom stereocenters. The van der Waals surface area contributed by atoms with Gasteiger partial charge in [0.05, 0.1) is 23.9 Å². The van der Waals surface area contributed by atoms with E-state index in [1.54, 1.807) is 43.3 Å². The minimum atomic E-state index is -0.778. The number of ether oxygens (including phenoxy) is 1. The van der Waals surface area contributed by atoms with E-state index in [1.807, 2.05) is 0 Å². The van der Waals surface area contributed by atoms with Gasteiger partial charge < -0.3 is 19.1 Å². The zero-order valence-electron chi connectivity index (χ0n) is 17.8. The summed E-state index contributed by atoms with van der Waals surface area (Å²) < 4.78 is 24.9. The van der Waals surface area contributed by atoms with E-state index < -0.39 is 23.0 Å². The molecule has 0 aliphatic carbocycles. The van der Waals surface area contributed by atoms with Crippen molar-refractivity contribution in [2.24, 2.45) is 5.10 Å². The number of furan rings is 1. The Morgan fingerprint density at radius 1 is 1.09 bits per heavy atom. The van der Waals surface area contributed by atoms with Gasteiger partial charge in [-0.05, 0) is 49.4 Å². The lowest BCUT2D eigenvalue weighted by Crippen LogP contribution is -2.32. The van der Waals surface area contributed by atoms with Gasteiger partial charge in [0, 0.05) is 16.5 Å². The van der Waals surface area contributed by atoms with Gasteiger partial charge >= 0.3 is 17.2 Å². The molecule has 0 spiro atoms. The number of aromatic nitrogens is 3. The molecule has 3 heterocycles. The minimum absolute atomic E-state index is 0.0965. The molecule has 0 unspecified atom stereocenters. The maximum absolute atomic E-state index is 13.6. The van der Waals surface area contributed by atoms with Crippen molar-refractivity contribution in [3.8, 4) is 11.3 Å². The molecule has 0 saturated carbocycles. The summed E-state index contributed by atoms with van der Waals surface area (Å²) in [5, 5.41) is 4.36. The number of nitrogens with zero attached hydrogens (tertiary/aromatic N) is 2. The van der Waals surface area contributed by atoms with Crippen LogP contribution in [0, 0.1) is 5.82 Å². The number of esters is 1. The third kappa shape index (κ3) is 3.71. The van der Waals surface area contributed by atoms with Crippen LogP contribution < -0.4 is 11.2 Å². The number of hydrogen-bond donors (Lipinski definition) is 2. The molecule has 2 N–H and O–H groups in total. The second-order valence-corrected chi connectivity index (χ2v) is 7.36. The lowest BCUT2D eigenvalue weighted by atomic mass is 10.1. The molecule has 170 valence electrons. The van der Waals surface area contributed by atoms with Gasteiger partial charge in [0.1, 0.15) is 22.9 Å². The minimum Gasteiger partial charge on any atom is -0.462 e. The van der Waals surface area contributed by atoms with Crippen molar-refractivity contribution in [2.45, 2.75) is 6.92 Å². The third-order valence-corrected chi connectivity index (χ3v) is 5.20. The standard InChI is InChI=1S/C24H17FN4O5/c1-2-33-23(31)14-5-3-13(4-6-14)19-10-8-16(34-19)12-26-29-22(30)21-20(28-24(29)32)17-11-15(25)7-9-18(17)27-21/h3-12,27H,2H2,1H3,(H,28,32)/b26-12-. The highest BCUT2D eigenvalue weighted by atomic mass is 19.1. The Kier molecular flexibility index (Phi) is 5.17. The van der Waals surface area contributed by atoms with Crippen molar-refractivity contribution in [3.05, 3.63) is 92.6 Å². The number of rotatable bonds is 5. The summed E-state index contributed by atoms with van der Waals surface area (Å²) in [6.45, 7) is 2.03. The van der Waals surface area contributed by atoms with E-state index in [4.69, 9.17) is 9.15 Å². The molecule has 34 heavy (non-hydrogen) atoms. The number of aromatic amines is 2. The Labute approximate surface area is 190 Å². The number of carbonyl (C=O) groups is 1. The third-order valence-electron chi connectivity index (χ3n) is 5.20. The van der Waals surface area contributed by atoms with Gasteiger partial charge in [-0.3, -0.25) is 4.79 Å². The first-order valence-electron chi connectivity index (χ1n) is 10.3. The van der Waals surface area contributed by atoms with Crippen LogP contribution in [0.3, 0.4) is 0 Å². The summed E-state index contributed by atoms with van der Waals surface area (Å²) in [7, 11) is 0. The van der Waals surface area contributed by atoms with Crippen LogP contribution in [-0.2, 0) is 4.74 Å². The molecule has 0 aliphatic heterocycles. The molecule has 3 aromatic heterocycles. The highest BCUT2D eigenvalue weighted by molar-refractivity contribution is 6.04. The molecule has 0 radical (unpaired) electrons. The largest absolute Gasteiger partial charge is 0.462 e. The topological polar surface area (TPSA) is 122 Å². The Morgan fingerprint density at radius 3 is 2.65 bits per heavy atom. The quantitative estimate of drug-likeness (QED) is 0.306. The fourth-order valence-corrected chi connectivity index (χ4v) is 3.59. The predicted molar refractivity (Wildman–Crippen MR) is 124 cm³/mol. The second kappa shape index (κ2) is 8.32. The zero-order chi connectivity index (χ0) is 23.8. The number of halogens is 1. The van der Waals surface area contributed by atoms with Crippen LogP contribution in [0.5, 0.6) is 0 Å². The maximum Gasteiger partial charge on any atom is 0.350 e. The lowest BCUT2D eigenvalue weighted by molar-refractivity contribution is 0.0526. The van der Waals surface area contributed by atoms with E-state index in [1.165, 1.54) is 24.4 Å². The van der Waals surface area contributed by atoms with Crippen molar-refractivity contribution >= 4 is 34.1 Å². The van der Waals surface area contributed by atoms with E-state index in [2.05, 4.69) is 15.1 Å². The first-order chi connectivity index (χ1) is 16.4. The second-order valence-electron chi connectivity index (χ2n) is 7.36. The van der Waals surface area contributed by atoms with Gasteiger partial charge in [0.25, 0.3) is 0 Å². The van der Waals surface area contributed by atoms with E-state index in [0.29, 0.717) is 39.3 Å². The van der Waals surface area contributed by atoms with Gasteiger partial charge in [-0.1, -0.05) is 12.1 Å². The predicted octanol–water partition coefficient (Wildman–Crippen LogP) is 3.63. The lowest BCUT2D eigenvalue weighted by Gasteiger charge is -2.02. The summed E-state index contributed by atoms with van der Waals surface area (Å²) >= 11 is 0. The summed E-state index contributed by atoms with van der Waals surface area (Å²) in [6.07, 6.45) is 1.24. The number of H-pyrrole nitrogens is 2. The van der Waals surface area contributed by atoms with Crippen molar-refractivity contribution in [1.29, 1.82) is 0 Å². The molecule has 0 bridgehead atoms. The SMILES string of the molecule is CCOC(=O)c1ccc(-c2ccc(/C=N\n3c(=O)[nH]c4c([nH]c5ccc(F)cc54)c3=O)o2)cc1. The van der Waals surface area contributed by atoms with Crippen molar-refractivity contribution in [2.75, 3.05) is 6.61 Å². The van der Waals surface area contributed by atoms with E-state index >= 15 is 0 Å². The average molecular weight is 460 g/mol. The van der Waals surface area contributed by atoms with E-state index in [9.17, 15) is 18.8 Å². The molecule has 0 saturated heterocycles. The van der Waals surface area contributed by atoms with Crippen molar-refractivity contribution in [3.63, 3.8) is 0 Å². The molecule has 5 rings (SSSR count). The maximum atomic E-state index is 13.6. The molecular weight excluding hydrogens is 443 g/mol. The van der Waals surface area contributed by atoms with Crippen LogP contribution in [-0.4, -0.2) is 33.4 Å². The monoisotopic (exact) mass is 460 g/mol. The zero-order valence-corrected chi connectivity index (χ0v) is 17.8. The molecule has 9 nitrogen and oxygen atoms in total. The fourth-order valence-electron chi connectivity index (χ4n) is 3.59. The summed E-state index contributed by atoms with van der Waals surface area (Å²) in [5.74, 6) is -0.0875. The molecule has 5 aromatic rings. The molecular formula is C24H17FN4O5. The normalized spacial score (nSPS) is 11.6. The van der Waals surface area contributed by atoms with Crippen LogP contribution in [0.15, 0.2) is 73.7 Å².